The number of carboxylic acids is 1. The summed E-state index contributed by atoms with van der Waals surface area (Å²) in [5.41, 5.74) is 2.33. The third kappa shape index (κ3) is 7.30. The zero-order valence-corrected chi connectivity index (χ0v) is 26.6. The number of benzene rings is 2. The molecule has 0 bridgehead atoms. The van der Waals surface area contributed by atoms with Gasteiger partial charge in [-0.3, -0.25) is 15.0 Å². The van der Waals surface area contributed by atoms with Crippen LogP contribution in [0.25, 0.3) is 0 Å². The lowest BCUT2D eigenvalue weighted by Crippen LogP contribution is -2.31. The largest absolute Gasteiger partial charge is 0.493 e. The second-order valence-electron chi connectivity index (χ2n) is 10.7. The number of hydrogen-bond acceptors (Lipinski definition) is 7. The molecule has 0 spiro atoms. The van der Waals surface area contributed by atoms with Crippen LogP contribution in [-0.2, 0) is 16.8 Å². The number of ether oxygens (including phenoxy) is 3. The molecule has 2 aromatic carbocycles. The number of amidine groups is 1. The van der Waals surface area contributed by atoms with Gasteiger partial charge < -0.3 is 29.1 Å². The Morgan fingerprint density at radius 3 is 2.29 bits per heavy atom. The summed E-state index contributed by atoms with van der Waals surface area (Å²) in [4.78, 5) is 28.3. The summed E-state index contributed by atoms with van der Waals surface area (Å²) in [6.45, 7) is 11.8. The number of ketones is 1. The lowest BCUT2D eigenvalue weighted by Gasteiger charge is -2.31. The molecule has 2 N–H and O–H groups in total. The smallest absolute Gasteiger partial charge is 0.303 e. The number of hydrogen-bond donors (Lipinski definition) is 2. The fraction of sp³-hybridized carbons (Fsp3) is 0.500. The van der Waals surface area contributed by atoms with Gasteiger partial charge in [0.1, 0.15) is 11.6 Å². The van der Waals surface area contributed by atoms with Crippen molar-refractivity contribution in [2.45, 2.75) is 59.4 Å². The van der Waals surface area contributed by atoms with E-state index in [0.29, 0.717) is 36.4 Å². The predicted octanol–water partition coefficient (Wildman–Crippen LogP) is 5.83. The van der Waals surface area contributed by atoms with Crippen molar-refractivity contribution < 1.29 is 33.3 Å². The minimum atomic E-state index is -0.879. The SMILES string of the molecule is Br.CCN(CC)c1cc(C(=O)CN2Cc3cc(OC)c(OC)c(F)c3C2=N)cc(C(C)(C)C)c1OCCCC(=O)O. The van der Waals surface area contributed by atoms with E-state index in [1.54, 1.807) is 17.0 Å². The highest BCUT2D eigenvalue weighted by Crippen LogP contribution is 2.41. The van der Waals surface area contributed by atoms with Gasteiger partial charge in [0.2, 0.25) is 0 Å². The monoisotopic (exact) mass is 637 g/mol. The number of aliphatic carboxylic acids is 1. The fourth-order valence-electron chi connectivity index (χ4n) is 4.90. The second-order valence-corrected chi connectivity index (χ2v) is 10.7. The number of anilines is 1. The van der Waals surface area contributed by atoms with Gasteiger partial charge in [-0.2, -0.15) is 0 Å². The Balaban J connectivity index is 0.00000588. The van der Waals surface area contributed by atoms with Crippen LogP contribution < -0.4 is 19.1 Å². The van der Waals surface area contributed by atoms with Crippen molar-refractivity contribution in [1.82, 2.24) is 4.90 Å². The first-order valence-corrected chi connectivity index (χ1v) is 13.5. The minimum absolute atomic E-state index is 0. The zero-order valence-electron chi connectivity index (χ0n) is 24.9. The van der Waals surface area contributed by atoms with Gasteiger partial charge in [-0.1, -0.05) is 20.8 Å². The van der Waals surface area contributed by atoms with Crippen molar-refractivity contribution in [3.63, 3.8) is 0 Å². The number of halogens is 2. The number of methoxy groups -OCH3 is 2. The molecule has 0 fully saturated rings. The van der Waals surface area contributed by atoms with Crippen molar-refractivity contribution in [3.8, 4) is 17.2 Å². The number of nitrogens with zero attached hydrogens (tertiary/aromatic N) is 2. The molecular formula is C30H41BrFN3O6. The number of nitrogens with one attached hydrogen (secondary N) is 1. The standard InChI is InChI=1S/C30H40FN3O6.BrH/c1-8-33(9-2)21-14-18(13-20(30(3,4)5)27(21)40-12-10-11-24(36)37)22(35)17-34-16-19-15-23(38-6)28(39-7)26(31)25(19)29(34)32;/h13-15,32H,8-12,16-17H2,1-7H3,(H,36,37);1H. The van der Waals surface area contributed by atoms with E-state index < -0.39 is 11.8 Å². The number of carbonyl (C=O) groups excluding carboxylic acids is 1. The number of rotatable bonds is 13. The van der Waals surface area contributed by atoms with Crippen LogP contribution in [0.2, 0.25) is 0 Å². The molecule has 0 amide bonds. The Kier molecular flexibility index (Phi) is 11.6. The van der Waals surface area contributed by atoms with Gasteiger partial charge in [0.15, 0.2) is 23.1 Å². The van der Waals surface area contributed by atoms with E-state index in [4.69, 9.17) is 24.7 Å². The summed E-state index contributed by atoms with van der Waals surface area (Å²) >= 11 is 0. The molecule has 3 rings (SSSR count). The van der Waals surface area contributed by atoms with E-state index in [9.17, 15) is 9.59 Å². The molecule has 11 heteroatoms. The lowest BCUT2D eigenvalue weighted by molar-refractivity contribution is -0.137. The highest BCUT2D eigenvalue weighted by atomic mass is 79.9. The van der Waals surface area contributed by atoms with Gasteiger partial charge in [-0.05, 0) is 49.4 Å². The summed E-state index contributed by atoms with van der Waals surface area (Å²) < 4.78 is 31.8. The minimum Gasteiger partial charge on any atom is -0.493 e. The molecule has 0 saturated carbocycles. The normalized spacial score (nSPS) is 12.5. The summed E-state index contributed by atoms with van der Waals surface area (Å²) in [6.07, 6.45) is 0.367. The molecule has 0 atom stereocenters. The number of fused-ring (bicyclic) bond motifs is 1. The van der Waals surface area contributed by atoms with Crippen LogP contribution in [0.4, 0.5) is 10.1 Å². The average molecular weight is 639 g/mol. The molecule has 0 aromatic heterocycles. The molecule has 1 aliphatic heterocycles. The summed E-state index contributed by atoms with van der Waals surface area (Å²) in [5.74, 6) is -1.06. The van der Waals surface area contributed by atoms with Crippen LogP contribution in [0, 0.1) is 11.2 Å². The van der Waals surface area contributed by atoms with Gasteiger partial charge in [-0.15, -0.1) is 17.0 Å². The lowest BCUT2D eigenvalue weighted by atomic mass is 9.84. The summed E-state index contributed by atoms with van der Waals surface area (Å²) in [7, 11) is 2.76. The van der Waals surface area contributed by atoms with E-state index in [0.717, 1.165) is 11.3 Å². The highest BCUT2D eigenvalue weighted by Gasteiger charge is 2.33. The Labute approximate surface area is 251 Å². The zero-order chi connectivity index (χ0) is 29.8. The van der Waals surface area contributed by atoms with Gasteiger partial charge in [-0.25, -0.2) is 4.39 Å². The van der Waals surface area contributed by atoms with Gasteiger partial charge in [0, 0.05) is 37.2 Å². The topological polar surface area (TPSA) is 112 Å². The summed E-state index contributed by atoms with van der Waals surface area (Å²) in [6, 6.07) is 5.26. The second kappa shape index (κ2) is 14.0. The summed E-state index contributed by atoms with van der Waals surface area (Å²) in [5, 5.41) is 17.6. The maximum absolute atomic E-state index is 15.2. The van der Waals surface area contributed by atoms with Gasteiger partial charge in [0.25, 0.3) is 0 Å². The van der Waals surface area contributed by atoms with E-state index >= 15 is 4.39 Å². The molecule has 2 aromatic rings. The molecule has 0 aliphatic carbocycles. The Hall–Kier alpha value is -3.34. The molecule has 0 unspecified atom stereocenters. The van der Waals surface area contributed by atoms with Crippen molar-refractivity contribution in [2.24, 2.45) is 0 Å². The molecule has 1 heterocycles. The molecule has 41 heavy (non-hydrogen) atoms. The highest BCUT2D eigenvalue weighted by molar-refractivity contribution is 8.93. The van der Waals surface area contributed by atoms with Crippen molar-refractivity contribution in [3.05, 3.63) is 46.3 Å². The molecule has 226 valence electrons. The van der Waals surface area contributed by atoms with Crippen molar-refractivity contribution in [1.29, 1.82) is 5.41 Å². The average Bonchev–Trinajstić information content (AvgIpc) is 3.21. The molecule has 9 nitrogen and oxygen atoms in total. The van der Waals surface area contributed by atoms with Crippen LogP contribution in [0.1, 0.15) is 74.5 Å². The van der Waals surface area contributed by atoms with Gasteiger partial charge >= 0.3 is 5.97 Å². The van der Waals surface area contributed by atoms with E-state index in [1.807, 2.05) is 40.7 Å². The van der Waals surface area contributed by atoms with Gasteiger partial charge in [0.05, 0.1) is 38.6 Å². The molecule has 0 radical (unpaired) electrons. The molecule has 1 aliphatic rings. The Morgan fingerprint density at radius 2 is 1.76 bits per heavy atom. The predicted molar refractivity (Wildman–Crippen MR) is 162 cm³/mol. The van der Waals surface area contributed by atoms with Crippen LogP contribution in [0.15, 0.2) is 18.2 Å². The quantitative estimate of drug-likeness (QED) is 0.208. The maximum Gasteiger partial charge on any atom is 0.303 e. The maximum atomic E-state index is 15.2. The van der Waals surface area contributed by atoms with Crippen LogP contribution in [-0.4, -0.2) is 68.1 Å². The third-order valence-electron chi connectivity index (χ3n) is 7.03. The number of carboxylic acid groups (broad SMARTS) is 1. The van der Waals surface area contributed by atoms with Crippen LogP contribution in [0.5, 0.6) is 17.2 Å². The molecular weight excluding hydrogens is 597 g/mol. The number of Topliss-reactive ketones (excluding diaryl/α,β-unsaturated/α-hetero) is 1. The van der Waals surface area contributed by atoms with Crippen molar-refractivity contribution in [2.75, 3.05) is 45.4 Å². The molecule has 0 saturated heterocycles. The first kappa shape index (κ1) is 33.9. The number of carbonyl (C=O) groups is 2. The Morgan fingerprint density at radius 1 is 1.10 bits per heavy atom. The van der Waals surface area contributed by atoms with E-state index in [-0.39, 0.29) is 77.2 Å². The van der Waals surface area contributed by atoms with Crippen molar-refractivity contribution >= 4 is 40.3 Å². The van der Waals surface area contributed by atoms with E-state index in [1.165, 1.54) is 14.2 Å². The van der Waals surface area contributed by atoms with Crippen LogP contribution >= 0.6 is 17.0 Å². The third-order valence-corrected chi connectivity index (χ3v) is 7.03. The van der Waals surface area contributed by atoms with E-state index in [2.05, 4.69) is 4.90 Å². The van der Waals surface area contributed by atoms with Crippen LogP contribution in [0.3, 0.4) is 0 Å². The first-order chi connectivity index (χ1) is 18.9. The fourth-order valence-corrected chi connectivity index (χ4v) is 4.90. The Bertz CT molecular complexity index is 1290. The first-order valence-electron chi connectivity index (χ1n) is 13.5.